The van der Waals surface area contributed by atoms with E-state index in [-0.39, 0.29) is 29.5 Å². The highest BCUT2D eigenvalue weighted by Gasteiger charge is 2.34. The number of halogens is 1. The molecule has 11 heteroatoms. The van der Waals surface area contributed by atoms with E-state index in [0.29, 0.717) is 29.1 Å². The molecule has 46 heavy (non-hydrogen) atoms. The number of carbonyl (C=O) groups is 2. The predicted octanol–water partition coefficient (Wildman–Crippen LogP) is 5.83. The van der Waals surface area contributed by atoms with Crippen molar-refractivity contribution in [3.63, 3.8) is 0 Å². The van der Waals surface area contributed by atoms with Gasteiger partial charge in [-0.3, -0.25) is 13.9 Å². The third-order valence-electron chi connectivity index (χ3n) is 7.23. The van der Waals surface area contributed by atoms with Gasteiger partial charge in [-0.2, -0.15) is 0 Å². The lowest BCUT2D eigenvalue weighted by Gasteiger charge is -2.34. The van der Waals surface area contributed by atoms with Crippen LogP contribution in [0.2, 0.25) is 0 Å². The van der Waals surface area contributed by atoms with Gasteiger partial charge in [-0.1, -0.05) is 58.4 Å². The van der Waals surface area contributed by atoms with E-state index < -0.39 is 28.5 Å². The zero-order valence-corrected chi connectivity index (χ0v) is 28.5. The smallest absolute Gasteiger partial charge is 0.264 e. The summed E-state index contributed by atoms with van der Waals surface area (Å²) < 4.78 is 41.1. The minimum atomic E-state index is -4.22. The Morgan fingerprint density at radius 3 is 2.15 bits per heavy atom. The van der Waals surface area contributed by atoms with Crippen molar-refractivity contribution in [3.8, 4) is 11.5 Å². The second kappa shape index (κ2) is 16.3. The maximum atomic E-state index is 14.5. The van der Waals surface area contributed by atoms with E-state index in [1.807, 2.05) is 50.2 Å². The largest absolute Gasteiger partial charge is 0.497 e. The van der Waals surface area contributed by atoms with Gasteiger partial charge in [0.05, 0.1) is 24.3 Å². The SMILES string of the molecule is CCNC(=O)[C@H](Cc1ccccc1)N(Cc1cccc(OC)c1)C(=O)CN(c1ccc(OCC)cc1)S(=O)(=O)c1ccc(Br)cc1. The van der Waals surface area contributed by atoms with Crippen molar-refractivity contribution < 1.29 is 27.5 Å². The molecule has 1 N–H and O–H groups in total. The normalized spacial score (nSPS) is 11.7. The van der Waals surface area contributed by atoms with Gasteiger partial charge in [0.1, 0.15) is 24.1 Å². The molecule has 2 amide bonds. The Kier molecular flexibility index (Phi) is 12.2. The van der Waals surface area contributed by atoms with Crippen LogP contribution in [0.25, 0.3) is 0 Å². The molecule has 0 unspecified atom stereocenters. The summed E-state index contributed by atoms with van der Waals surface area (Å²) in [5.74, 6) is 0.268. The molecule has 0 spiro atoms. The van der Waals surface area contributed by atoms with Crippen LogP contribution in [0.15, 0.2) is 112 Å². The Balaban J connectivity index is 1.80. The number of methoxy groups -OCH3 is 1. The van der Waals surface area contributed by atoms with E-state index >= 15 is 0 Å². The number of benzene rings is 4. The van der Waals surface area contributed by atoms with Gasteiger partial charge in [0, 0.05) is 24.0 Å². The molecule has 0 fully saturated rings. The van der Waals surface area contributed by atoms with Gasteiger partial charge < -0.3 is 19.7 Å². The third-order valence-corrected chi connectivity index (χ3v) is 9.54. The number of sulfonamides is 1. The fourth-order valence-electron chi connectivity index (χ4n) is 4.95. The van der Waals surface area contributed by atoms with E-state index in [1.54, 1.807) is 61.7 Å². The zero-order chi connectivity index (χ0) is 33.1. The van der Waals surface area contributed by atoms with E-state index in [1.165, 1.54) is 17.0 Å². The second-order valence-corrected chi connectivity index (χ2v) is 13.1. The summed E-state index contributed by atoms with van der Waals surface area (Å²) in [6.45, 7) is 3.96. The lowest BCUT2D eigenvalue weighted by atomic mass is 10.0. The van der Waals surface area contributed by atoms with Crippen LogP contribution < -0.4 is 19.1 Å². The fraction of sp³-hybridized carbons (Fsp3) is 0.257. The van der Waals surface area contributed by atoms with Crippen LogP contribution >= 0.6 is 15.9 Å². The molecule has 0 aromatic heterocycles. The molecule has 0 aliphatic heterocycles. The molecule has 4 aromatic carbocycles. The lowest BCUT2D eigenvalue weighted by Crippen LogP contribution is -2.53. The Labute approximate surface area is 279 Å². The first-order valence-electron chi connectivity index (χ1n) is 14.9. The Bertz CT molecular complexity index is 1700. The molecule has 0 saturated heterocycles. The van der Waals surface area contributed by atoms with Gasteiger partial charge in [0.25, 0.3) is 10.0 Å². The quantitative estimate of drug-likeness (QED) is 0.167. The highest BCUT2D eigenvalue weighted by atomic mass is 79.9. The number of amides is 2. The van der Waals surface area contributed by atoms with Crippen LogP contribution in [0.3, 0.4) is 0 Å². The zero-order valence-electron chi connectivity index (χ0n) is 26.1. The summed E-state index contributed by atoms with van der Waals surface area (Å²) in [7, 11) is -2.67. The van der Waals surface area contributed by atoms with Gasteiger partial charge >= 0.3 is 0 Å². The second-order valence-electron chi connectivity index (χ2n) is 10.4. The molecule has 0 bridgehead atoms. The maximum Gasteiger partial charge on any atom is 0.264 e. The van der Waals surface area contributed by atoms with Crippen molar-refractivity contribution in [2.24, 2.45) is 0 Å². The van der Waals surface area contributed by atoms with Crippen molar-refractivity contribution in [2.75, 3.05) is 31.1 Å². The molecule has 0 aliphatic rings. The summed E-state index contributed by atoms with van der Waals surface area (Å²) in [6, 6.07) is 28.4. The maximum absolute atomic E-state index is 14.5. The molecule has 0 heterocycles. The third kappa shape index (κ3) is 8.88. The molecule has 4 aromatic rings. The monoisotopic (exact) mass is 707 g/mol. The van der Waals surface area contributed by atoms with Crippen LogP contribution in [0.1, 0.15) is 25.0 Å². The Morgan fingerprint density at radius 2 is 1.52 bits per heavy atom. The fourth-order valence-corrected chi connectivity index (χ4v) is 6.63. The molecule has 0 saturated carbocycles. The molecule has 0 radical (unpaired) electrons. The van der Waals surface area contributed by atoms with Crippen LogP contribution in [-0.2, 0) is 32.6 Å². The summed E-state index contributed by atoms with van der Waals surface area (Å²) in [4.78, 5) is 29.6. The lowest BCUT2D eigenvalue weighted by molar-refractivity contribution is -0.140. The van der Waals surface area contributed by atoms with E-state index in [2.05, 4.69) is 21.2 Å². The molecular formula is C35H38BrN3O6S. The van der Waals surface area contributed by atoms with Gasteiger partial charge in [-0.05, 0) is 85.6 Å². The topological polar surface area (TPSA) is 105 Å². The van der Waals surface area contributed by atoms with Gasteiger partial charge in [-0.15, -0.1) is 0 Å². The number of likely N-dealkylation sites (N-methyl/N-ethyl adjacent to an activating group) is 1. The molecule has 242 valence electrons. The first-order chi connectivity index (χ1) is 22.2. The van der Waals surface area contributed by atoms with Crippen molar-refractivity contribution >= 4 is 43.5 Å². The summed E-state index contributed by atoms with van der Waals surface area (Å²) in [5, 5.41) is 2.87. The van der Waals surface area contributed by atoms with Crippen molar-refractivity contribution in [1.82, 2.24) is 10.2 Å². The van der Waals surface area contributed by atoms with E-state index in [4.69, 9.17) is 9.47 Å². The highest BCUT2D eigenvalue weighted by molar-refractivity contribution is 9.10. The number of rotatable bonds is 15. The van der Waals surface area contributed by atoms with E-state index in [9.17, 15) is 18.0 Å². The Hall–Kier alpha value is -4.35. The number of carbonyl (C=O) groups excluding carboxylic acids is 2. The average Bonchev–Trinajstić information content (AvgIpc) is 3.06. The average molecular weight is 709 g/mol. The summed E-state index contributed by atoms with van der Waals surface area (Å²) in [5.41, 5.74) is 1.85. The minimum Gasteiger partial charge on any atom is -0.497 e. The summed E-state index contributed by atoms with van der Waals surface area (Å²) >= 11 is 3.36. The number of hydrogen-bond donors (Lipinski definition) is 1. The number of ether oxygens (including phenoxy) is 2. The van der Waals surface area contributed by atoms with Crippen LogP contribution in [0.5, 0.6) is 11.5 Å². The highest BCUT2D eigenvalue weighted by Crippen LogP contribution is 2.28. The molecular weight excluding hydrogens is 670 g/mol. The first-order valence-corrected chi connectivity index (χ1v) is 17.1. The standard InChI is InChI=1S/C35H38BrN3O6S/c1-4-37-35(41)33(23-26-10-7-6-8-11-26)38(24-27-12-9-13-31(22-27)44-3)34(40)25-39(29-16-18-30(19-17-29)45-5-2)46(42,43)32-20-14-28(36)15-21-32/h6-22,33H,4-5,23-25H2,1-3H3,(H,37,41)/t33-/m0/s1. The molecule has 0 aliphatic carbocycles. The number of nitrogens with one attached hydrogen (secondary N) is 1. The first kappa shape index (κ1) is 34.5. The van der Waals surface area contributed by atoms with Crippen LogP contribution in [0.4, 0.5) is 5.69 Å². The Morgan fingerprint density at radius 1 is 0.848 bits per heavy atom. The molecule has 1 atom stereocenters. The number of hydrogen-bond acceptors (Lipinski definition) is 6. The van der Waals surface area contributed by atoms with Crippen molar-refractivity contribution in [3.05, 3.63) is 119 Å². The van der Waals surface area contributed by atoms with Crippen molar-refractivity contribution in [2.45, 2.75) is 37.8 Å². The predicted molar refractivity (Wildman–Crippen MR) is 182 cm³/mol. The van der Waals surface area contributed by atoms with Crippen molar-refractivity contribution in [1.29, 1.82) is 0 Å². The van der Waals surface area contributed by atoms with E-state index in [0.717, 1.165) is 15.4 Å². The molecule has 4 rings (SSSR count). The minimum absolute atomic E-state index is 0.0151. The summed E-state index contributed by atoms with van der Waals surface area (Å²) in [6.07, 6.45) is 0.227. The van der Waals surface area contributed by atoms with Gasteiger partial charge in [0.2, 0.25) is 11.8 Å². The molecule has 9 nitrogen and oxygen atoms in total. The van der Waals surface area contributed by atoms with Gasteiger partial charge in [0.15, 0.2) is 0 Å². The number of anilines is 1. The number of nitrogens with zero attached hydrogens (tertiary/aromatic N) is 2. The van der Waals surface area contributed by atoms with Crippen LogP contribution in [-0.4, -0.2) is 58.0 Å². The van der Waals surface area contributed by atoms with Crippen LogP contribution in [0, 0.1) is 0 Å². The van der Waals surface area contributed by atoms with Gasteiger partial charge in [-0.25, -0.2) is 8.42 Å².